The fourth-order valence-corrected chi connectivity index (χ4v) is 1.91. The van der Waals surface area contributed by atoms with Gasteiger partial charge in [0, 0.05) is 12.5 Å². The average molecular weight is 313 g/mol. The van der Waals surface area contributed by atoms with Crippen LogP contribution in [-0.4, -0.2) is 27.3 Å². The summed E-state index contributed by atoms with van der Waals surface area (Å²) in [7, 11) is 0. The first kappa shape index (κ1) is 20.1. The molecule has 0 amide bonds. The van der Waals surface area contributed by atoms with Gasteiger partial charge in [-0.15, -0.1) is 0 Å². The van der Waals surface area contributed by atoms with Crippen molar-refractivity contribution in [2.45, 2.75) is 71.1 Å². The second-order valence-corrected chi connectivity index (χ2v) is 5.16. The molecule has 0 atom stereocenters. The quantitative estimate of drug-likeness (QED) is 0.588. The smallest absolute Gasteiger partial charge is 0.358 e. The molecule has 2 N–H and O–H groups in total. The van der Waals surface area contributed by atoms with E-state index in [1.54, 1.807) is 0 Å². The largest absolute Gasteiger partial charge is 0.481 e. The maximum Gasteiger partial charge on any atom is 0.358 e. The van der Waals surface area contributed by atoms with Gasteiger partial charge in [0.25, 0.3) is 0 Å². The molecule has 0 aromatic carbocycles. The van der Waals surface area contributed by atoms with Crippen LogP contribution in [0.5, 0.6) is 0 Å². The highest BCUT2D eigenvalue weighted by molar-refractivity contribution is 5.84. The van der Waals surface area contributed by atoms with Crippen molar-refractivity contribution in [3.63, 3.8) is 0 Å². The van der Waals surface area contributed by atoms with Crippen LogP contribution in [0.15, 0.2) is 16.9 Å². The molecule has 0 bridgehead atoms. The van der Waals surface area contributed by atoms with E-state index >= 15 is 0 Å². The predicted octanol–water partition coefficient (Wildman–Crippen LogP) is 4.36. The molecular weight excluding hydrogens is 286 g/mol. The lowest BCUT2D eigenvalue weighted by Crippen LogP contribution is -1.94. The number of nitrogens with zero attached hydrogens (tertiary/aromatic N) is 1. The summed E-state index contributed by atoms with van der Waals surface area (Å²) in [5, 5.41) is 19.7. The Morgan fingerprint density at radius 1 is 1.00 bits per heavy atom. The minimum Gasteiger partial charge on any atom is -0.481 e. The van der Waals surface area contributed by atoms with Crippen LogP contribution in [0.2, 0.25) is 0 Å². The van der Waals surface area contributed by atoms with E-state index in [-0.39, 0.29) is 5.69 Å². The van der Waals surface area contributed by atoms with Gasteiger partial charge in [-0.05, 0) is 6.42 Å². The zero-order chi connectivity index (χ0) is 16.6. The van der Waals surface area contributed by atoms with E-state index in [1.165, 1.54) is 57.3 Å². The number of carboxylic acids is 2. The third-order valence-electron chi connectivity index (χ3n) is 3.15. The standard InChI is InChI=1S/C12H24O2.C4H3NO3/c1-2-3-4-5-6-7-8-9-10-11-12(13)14;6-4(7)3-1-2-8-5-3/h2-11H2,1H3,(H,13,14);1-2H,(H,6,7). The van der Waals surface area contributed by atoms with Crippen LogP contribution in [0.4, 0.5) is 0 Å². The first-order valence-corrected chi connectivity index (χ1v) is 7.93. The number of aromatic carboxylic acids is 1. The first-order chi connectivity index (χ1) is 10.6. The van der Waals surface area contributed by atoms with E-state index < -0.39 is 11.9 Å². The number of hydrogen-bond acceptors (Lipinski definition) is 4. The normalized spacial score (nSPS) is 9.86. The molecule has 0 unspecified atom stereocenters. The predicted molar refractivity (Wildman–Crippen MR) is 82.9 cm³/mol. The van der Waals surface area contributed by atoms with Crippen molar-refractivity contribution in [2.24, 2.45) is 0 Å². The van der Waals surface area contributed by atoms with Gasteiger partial charge in [-0.2, -0.15) is 0 Å². The summed E-state index contributed by atoms with van der Waals surface area (Å²) in [5.74, 6) is -1.73. The van der Waals surface area contributed by atoms with Crippen LogP contribution in [0.3, 0.4) is 0 Å². The van der Waals surface area contributed by atoms with E-state index in [0.717, 1.165) is 12.8 Å². The molecule has 6 nitrogen and oxygen atoms in total. The summed E-state index contributed by atoms with van der Waals surface area (Å²) >= 11 is 0. The molecule has 22 heavy (non-hydrogen) atoms. The highest BCUT2D eigenvalue weighted by atomic mass is 16.5. The Balaban J connectivity index is 0.000000461. The zero-order valence-corrected chi connectivity index (χ0v) is 13.3. The molecule has 0 aliphatic rings. The summed E-state index contributed by atoms with van der Waals surface area (Å²) in [6, 6.07) is 1.28. The summed E-state index contributed by atoms with van der Waals surface area (Å²) in [6.07, 6.45) is 12.7. The fraction of sp³-hybridized carbons (Fsp3) is 0.688. The SMILES string of the molecule is CCCCCCCCCCCC(=O)O.O=C(O)c1ccon1. The van der Waals surface area contributed by atoms with Crippen LogP contribution >= 0.6 is 0 Å². The highest BCUT2D eigenvalue weighted by Crippen LogP contribution is 2.10. The van der Waals surface area contributed by atoms with Crippen LogP contribution in [0.25, 0.3) is 0 Å². The number of aliphatic carboxylic acids is 1. The molecule has 0 saturated heterocycles. The molecule has 1 rings (SSSR count). The van der Waals surface area contributed by atoms with E-state index in [2.05, 4.69) is 16.6 Å². The van der Waals surface area contributed by atoms with Gasteiger partial charge >= 0.3 is 11.9 Å². The lowest BCUT2D eigenvalue weighted by Gasteiger charge is -2.00. The molecule has 0 saturated carbocycles. The van der Waals surface area contributed by atoms with Gasteiger partial charge in [-0.1, -0.05) is 63.4 Å². The van der Waals surface area contributed by atoms with E-state index in [9.17, 15) is 9.59 Å². The van der Waals surface area contributed by atoms with Crippen LogP contribution < -0.4 is 0 Å². The molecule has 0 radical (unpaired) electrons. The molecule has 0 aliphatic heterocycles. The molecule has 0 spiro atoms. The van der Waals surface area contributed by atoms with Gasteiger partial charge in [0.2, 0.25) is 0 Å². The molecule has 6 heteroatoms. The van der Waals surface area contributed by atoms with Gasteiger partial charge in [0.1, 0.15) is 6.26 Å². The van der Waals surface area contributed by atoms with Gasteiger partial charge in [0.15, 0.2) is 5.69 Å². The van der Waals surface area contributed by atoms with Crippen LogP contribution in [-0.2, 0) is 4.79 Å². The number of aromatic nitrogens is 1. The summed E-state index contributed by atoms with van der Waals surface area (Å²) < 4.78 is 4.24. The van der Waals surface area contributed by atoms with Gasteiger partial charge < -0.3 is 14.7 Å². The Morgan fingerprint density at radius 2 is 1.55 bits per heavy atom. The van der Waals surface area contributed by atoms with Crippen LogP contribution in [0.1, 0.15) is 81.6 Å². The van der Waals surface area contributed by atoms with Crippen molar-refractivity contribution in [2.75, 3.05) is 0 Å². The van der Waals surface area contributed by atoms with Crippen molar-refractivity contribution >= 4 is 11.9 Å². The topological polar surface area (TPSA) is 101 Å². The van der Waals surface area contributed by atoms with Crippen LogP contribution in [0, 0.1) is 0 Å². The summed E-state index contributed by atoms with van der Waals surface area (Å²) in [5.41, 5.74) is -0.0648. The number of carboxylic acid groups (broad SMARTS) is 2. The van der Waals surface area contributed by atoms with E-state index in [1.807, 2.05) is 0 Å². The minimum absolute atomic E-state index is 0.0648. The minimum atomic E-state index is -1.07. The summed E-state index contributed by atoms with van der Waals surface area (Å²) in [4.78, 5) is 20.1. The maximum atomic E-state index is 10.2. The van der Waals surface area contributed by atoms with Crippen molar-refractivity contribution in [1.82, 2.24) is 5.16 Å². The lowest BCUT2D eigenvalue weighted by atomic mass is 10.1. The number of unbranched alkanes of at least 4 members (excludes halogenated alkanes) is 8. The maximum absolute atomic E-state index is 10.2. The lowest BCUT2D eigenvalue weighted by molar-refractivity contribution is -0.137. The second kappa shape index (κ2) is 14.1. The third kappa shape index (κ3) is 13.1. The first-order valence-electron chi connectivity index (χ1n) is 7.93. The third-order valence-corrected chi connectivity index (χ3v) is 3.15. The Bertz CT molecular complexity index is 389. The number of hydrogen-bond donors (Lipinski definition) is 2. The van der Waals surface area contributed by atoms with Crippen molar-refractivity contribution < 1.29 is 24.3 Å². The molecule has 1 aromatic rings. The molecular formula is C16H27NO5. The van der Waals surface area contributed by atoms with Crippen molar-refractivity contribution in [1.29, 1.82) is 0 Å². The van der Waals surface area contributed by atoms with E-state index in [4.69, 9.17) is 10.2 Å². The number of rotatable bonds is 11. The fourth-order valence-electron chi connectivity index (χ4n) is 1.91. The Hall–Kier alpha value is -1.85. The Labute approximate surface area is 131 Å². The molecule has 1 heterocycles. The zero-order valence-electron chi connectivity index (χ0n) is 13.3. The second-order valence-electron chi connectivity index (χ2n) is 5.16. The van der Waals surface area contributed by atoms with Crippen molar-refractivity contribution in [3.05, 3.63) is 18.0 Å². The molecule has 126 valence electrons. The number of carbonyl (C=O) groups is 2. The molecule has 0 aliphatic carbocycles. The van der Waals surface area contributed by atoms with E-state index in [0.29, 0.717) is 6.42 Å². The van der Waals surface area contributed by atoms with Gasteiger partial charge in [0.05, 0.1) is 0 Å². The highest BCUT2D eigenvalue weighted by Gasteiger charge is 2.02. The monoisotopic (exact) mass is 313 g/mol. The molecule has 1 aromatic heterocycles. The average Bonchev–Trinajstić information content (AvgIpc) is 3.00. The van der Waals surface area contributed by atoms with Gasteiger partial charge in [-0.25, -0.2) is 4.79 Å². The van der Waals surface area contributed by atoms with Gasteiger partial charge in [-0.3, -0.25) is 4.79 Å². The Morgan fingerprint density at radius 3 is 1.91 bits per heavy atom. The van der Waals surface area contributed by atoms with Crippen molar-refractivity contribution in [3.8, 4) is 0 Å². The molecule has 0 fully saturated rings. The Kier molecular flexibility index (Phi) is 12.9. The summed E-state index contributed by atoms with van der Waals surface area (Å²) in [6.45, 7) is 2.23.